The molecule has 0 heterocycles. The molecule has 0 unspecified atom stereocenters. The van der Waals surface area contributed by atoms with Crippen LogP contribution < -0.4 is 5.32 Å². The first-order valence-corrected chi connectivity index (χ1v) is 7.93. The van der Waals surface area contributed by atoms with Gasteiger partial charge in [0.1, 0.15) is 11.6 Å². The highest BCUT2D eigenvalue weighted by Gasteiger charge is 2.15. The molecular formula is C17H16BrF2NO. The molecule has 2 nitrogen and oxygen atoms in total. The van der Waals surface area contributed by atoms with E-state index < -0.39 is 11.6 Å². The Hall–Kier alpha value is -1.75. The van der Waals surface area contributed by atoms with Crippen LogP contribution in [0.5, 0.6) is 0 Å². The first kappa shape index (κ1) is 16.6. The van der Waals surface area contributed by atoms with E-state index in [1.165, 1.54) is 18.2 Å². The minimum Gasteiger partial charge on any atom is -0.325 e. The molecule has 0 radical (unpaired) electrons. The van der Waals surface area contributed by atoms with Crippen LogP contribution >= 0.6 is 15.9 Å². The highest BCUT2D eigenvalue weighted by Crippen LogP contribution is 2.27. The van der Waals surface area contributed by atoms with Gasteiger partial charge in [0.05, 0.1) is 5.33 Å². The van der Waals surface area contributed by atoms with E-state index in [2.05, 4.69) is 21.2 Å². The monoisotopic (exact) mass is 367 g/mol. The van der Waals surface area contributed by atoms with E-state index in [1.54, 1.807) is 0 Å². The van der Waals surface area contributed by atoms with Crippen molar-refractivity contribution in [2.45, 2.75) is 20.3 Å². The second kappa shape index (κ2) is 7.01. The van der Waals surface area contributed by atoms with Crippen LogP contribution in [0.3, 0.4) is 0 Å². The van der Waals surface area contributed by atoms with E-state index in [0.29, 0.717) is 11.3 Å². The molecule has 0 aliphatic carbocycles. The van der Waals surface area contributed by atoms with Gasteiger partial charge < -0.3 is 5.32 Å². The average molecular weight is 368 g/mol. The number of benzene rings is 2. The number of carbonyl (C=O) groups excluding carboxylic acids is 1. The lowest BCUT2D eigenvalue weighted by Gasteiger charge is -2.15. The zero-order valence-corrected chi connectivity index (χ0v) is 13.9. The van der Waals surface area contributed by atoms with E-state index >= 15 is 0 Å². The average Bonchev–Trinajstić information content (AvgIpc) is 2.46. The van der Waals surface area contributed by atoms with Crippen LogP contribution in [-0.4, -0.2) is 11.2 Å². The molecule has 22 heavy (non-hydrogen) atoms. The van der Waals surface area contributed by atoms with Gasteiger partial charge in [-0.15, -0.1) is 0 Å². The summed E-state index contributed by atoms with van der Waals surface area (Å²) >= 11 is 3.09. The van der Waals surface area contributed by atoms with Gasteiger partial charge in [-0.2, -0.15) is 0 Å². The Morgan fingerprint density at radius 3 is 2.41 bits per heavy atom. The Balaban J connectivity index is 2.47. The summed E-state index contributed by atoms with van der Waals surface area (Å²) in [5, 5.41) is 2.94. The molecule has 0 fully saturated rings. The summed E-state index contributed by atoms with van der Waals surface area (Å²) in [7, 11) is 0. The Morgan fingerprint density at radius 1 is 1.18 bits per heavy atom. The van der Waals surface area contributed by atoms with Gasteiger partial charge in [-0.1, -0.05) is 39.7 Å². The normalized spacial score (nSPS) is 10.6. The van der Waals surface area contributed by atoms with Crippen LogP contribution in [0.15, 0.2) is 30.3 Å². The third-order valence-electron chi connectivity index (χ3n) is 3.38. The molecule has 116 valence electrons. The first-order chi connectivity index (χ1) is 10.4. The fraction of sp³-hybridized carbons (Fsp3) is 0.235. The van der Waals surface area contributed by atoms with Crippen LogP contribution in [0.4, 0.5) is 14.5 Å². The minimum absolute atomic E-state index is 0.00170. The van der Waals surface area contributed by atoms with Crippen LogP contribution in [0, 0.1) is 25.5 Å². The zero-order chi connectivity index (χ0) is 16.3. The number of amides is 1. The molecule has 0 saturated carbocycles. The maximum Gasteiger partial charge on any atom is 0.235 e. The smallest absolute Gasteiger partial charge is 0.235 e. The SMILES string of the molecule is Cc1cc(C)c(NC(=O)CBr)c(Cc2c(F)cccc2F)c1. The zero-order valence-electron chi connectivity index (χ0n) is 12.3. The molecule has 2 aromatic rings. The van der Waals surface area contributed by atoms with Gasteiger partial charge in [-0.25, -0.2) is 8.78 Å². The van der Waals surface area contributed by atoms with E-state index in [9.17, 15) is 13.6 Å². The Morgan fingerprint density at radius 2 is 1.82 bits per heavy atom. The number of carbonyl (C=O) groups is 1. The molecule has 0 aliphatic rings. The van der Waals surface area contributed by atoms with Crippen LogP contribution in [-0.2, 0) is 11.2 Å². The third kappa shape index (κ3) is 3.71. The number of hydrogen-bond donors (Lipinski definition) is 1. The lowest BCUT2D eigenvalue weighted by molar-refractivity contribution is -0.113. The predicted octanol–water partition coefficient (Wildman–Crippen LogP) is 4.51. The van der Waals surface area contributed by atoms with Gasteiger partial charge in [0.15, 0.2) is 0 Å². The minimum atomic E-state index is -0.586. The second-order valence-corrected chi connectivity index (χ2v) is 5.74. The van der Waals surface area contributed by atoms with Gasteiger partial charge in [-0.05, 0) is 37.1 Å². The van der Waals surface area contributed by atoms with Crippen molar-refractivity contribution in [2.24, 2.45) is 0 Å². The number of rotatable bonds is 4. The molecule has 5 heteroatoms. The van der Waals surface area contributed by atoms with Crippen LogP contribution in [0.1, 0.15) is 22.3 Å². The van der Waals surface area contributed by atoms with Crippen LogP contribution in [0.25, 0.3) is 0 Å². The molecule has 0 saturated heterocycles. The van der Waals surface area contributed by atoms with Gasteiger partial charge in [-0.3, -0.25) is 4.79 Å². The van der Waals surface area contributed by atoms with E-state index in [4.69, 9.17) is 0 Å². The molecule has 2 rings (SSSR count). The summed E-state index contributed by atoms with van der Waals surface area (Å²) in [6, 6.07) is 7.56. The van der Waals surface area contributed by atoms with Crippen molar-refractivity contribution in [2.75, 3.05) is 10.6 Å². The summed E-state index contributed by atoms with van der Waals surface area (Å²) in [6.45, 7) is 3.77. The molecule has 0 atom stereocenters. The van der Waals surface area contributed by atoms with E-state index in [-0.39, 0.29) is 23.2 Å². The Kier molecular flexibility index (Phi) is 5.29. The Labute approximate surface area is 136 Å². The van der Waals surface area contributed by atoms with Gasteiger partial charge in [0.2, 0.25) is 5.91 Å². The summed E-state index contributed by atoms with van der Waals surface area (Å²) in [5.41, 5.74) is 3.14. The molecular weight excluding hydrogens is 352 g/mol. The van der Waals surface area contributed by atoms with Gasteiger partial charge >= 0.3 is 0 Å². The van der Waals surface area contributed by atoms with Crippen molar-refractivity contribution in [1.82, 2.24) is 0 Å². The van der Waals surface area contributed by atoms with Crippen LogP contribution in [0.2, 0.25) is 0 Å². The summed E-state index contributed by atoms with van der Waals surface area (Å²) in [6.07, 6.45) is 0.0823. The van der Waals surface area contributed by atoms with E-state index in [1.807, 2.05) is 26.0 Å². The molecule has 1 N–H and O–H groups in total. The number of aryl methyl sites for hydroxylation is 2. The lowest BCUT2D eigenvalue weighted by Crippen LogP contribution is -2.15. The molecule has 0 bridgehead atoms. The van der Waals surface area contributed by atoms with Crippen molar-refractivity contribution in [3.63, 3.8) is 0 Å². The largest absolute Gasteiger partial charge is 0.325 e. The van der Waals surface area contributed by atoms with Crippen molar-refractivity contribution >= 4 is 27.5 Å². The number of anilines is 1. The number of halogens is 3. The highest BCUT2D eigenvalue weighted by atomic mass is 79.9. The predicted molar refractivity (Wildman–Crippen MR) is 87.5 cm³/mol. The number of alkyl halides is 1. The van der Waals surface area contributed by atoms with Crippen molar-refractivity contribution < 1.29 is 13.6 Å². The van der Waals surface area contributed by atoms with Crippen molar-refractivity contribution in [1.29, 1.82) is 0 Å². The summed E-state index contributed by atoms with van der Waals surface area (Å²) in [5.74, 6) is -1.38. The fourth-order valence-corrected chi connectivity index (χ4v) is 2.58. The first-order valence-electron chi connectivity index (χ1n) is 6.81. The molecule has 0 spiro atoms. The van der Waals surface area contributed by atoms with Crippen molar-refractivity contribution in [3.8, 4) is 0 Å². The molecule has 2 aromatic carbocycles. The maximum atomic E-state index is 13.9. The third-order valence-corrected chi connectivity index (χ3v) is 3.89. The summed E-state index contributed by atoms with van der Waals surface area (Å²) in [4.78, 5) is 11.7. The maximum absolute atomic E-state index is 13.9. The molecule has 0 aliphatic heterocycles. The quantitative estimate of drug-likeness (QED) is 0.791. The number of nitrogens with one attached hydrogen (secondary N) is 1. The Bertz CT molecular complexity index is 696. The topological polar surface area (TPSA) is 29.1 Å². The fourth-order valence-electron chi connectivity index (χ4n) is 2.44. The van der Waals surface area contributed by atoms with Gasteiger partial charge in [0, 0.05) is 17.7 Å². The molecule has 1 amide bonds. The van der Waals surface area contributed by atoms with E-state index in [0.717, 1.165) is 11.1 Å². The summed E-state index contributed by atoms with van der Waals surface area (Å²) < 4.78 is 27.7. The standard InChI is InChI=1S/C17H16BrF2NO/c1-10-6-11(2)17(21-16(22)9-18)12(7-10)8-13-14(19)4-3-5-15(13)20/h3-7H,8-9H2,1-2H3,(H,21,22). The van der Waals surface area contributed by atoms with Gasteiger partial charge in [0.25, 0.3) is 0 Å². The highest BCUT2D eigenvalue weighted by molar-refractivity contribution is 9.09. The molecule has 0 aromatic heterocycles. The van der Waals surface area contributed by atoms with Crippen molar-refractivity contribution in [3.05, 3.63) is 64.2 Å². The number of hydrogen-bond acceptors (Lipinski definition) is 1. The lowest BCUT2D eigenvalue weighted by atomic mass is 9.97. The second-order valence-electron chi connectivity index (χ2n) is 5.17.